The molecule has 0 radical (unpaired) electrons. The molecular weight excluding hydrogens is 232 g/mol. The third kappa shape index (κ3) is 3.14. The molecule has 5 heteroatoms. The van der Waals surface area contributed by atoms with Crippen molar-refractivity contribution in [3.05, 3.63) is 0 Å². The molecule has 0 bridgehead atoms. The summed E-state index contributed by atoms with van der Waals surface area (Å²) < 4.78 is 5.44. The molecule has 0 saturated carbocycles. The monoisotopic (exact) mass is 256 g/mol. The number of ether oxygens (including phenoxy) is 1. The van der Waals surface area contributed by atoms with Crippen LogP contribution in [0.2, 0.25) is 0 Å². The molecule has 2 rings (SSSR count). The van der Waals surface area contributed by atoms with Gasteiger partial charge in [0.15, 0.2) is 0 Å². The maximum Gasteiger partial charge on any atom is 0.317 e. The van der Waals surface area contributed by atoms with Crippen LogP contribution in [-0.2, 0) is 4.74 Å². The Morgan fingerprint density at radius 2 is 2.06 bits per heavy atom. The first-order valence-electron chi connectivity index (χ1n) is 6.93. The van der Waals surface area contributed by atoms with Crippen molar-refractivity contribution in [1.82, 2.24) is 10.2 Å². The molecule has 2 amide bonds. The normalized spacial score (nSPS) is 31.4. The van der Waals surface area contributed by atoms with Crippen LogP contribution >= 0.6 is 0 Å². The lowest BCUT2D eigenvalue weighted by molar-refractivity contribution is 0.0775. The van der Waals surface area contributed by atoms with E-state index in [1.807, 2.05) is 18.7 Å². The molecule has 2 fully saturated rings. The highest BCUT2D eigenvalue weighted by molar-refractivity contribution is 5.74. The fourth-order valence-electron chi connectivity index (χ4n) is 2.76. The predicted octanol–water partition coefficient (Wildman–Crippen LogP) is 0.966. The van der Waals surface area contributed by atoms with Gasteiger partial charge in [0.25, 0.3) is 0 Å². The Labute approximate surface area is 108 Å². The molecule has 0 spiro atoms. The third-order valence-electron chi connectivity index (χ3n) is 4.19. The van der Waals surface area contributed by atoms with Crippen LogP contribution in [0.4, 0.5) is 4.79 Å². The molecule has 2 aliphatic rings. The van der Waals surface area contributed by atoms with Crippen LogP contribution in [-0.4, -0.2) is 54.0 Å². The highest BCUT2D eigenvalue weighted by atomic mass is 16.5. The minimum absolute atomic E-state index is 0.0152. The van der Waals surface area contributed by atoms with Gasteiger partial charge in [-0.25, -0.2) is 4.79 Å². The molecule has 2 heterocycles. The van der Waals surface area contributed by atoms with E-state index >= 15 is 0 Å². The van der Waals surface area contributed by atoms with Crippen molar-refractivity contribution in [2.75, 3.05) is 19.7 Å². The number of hydrogen-bond acceptors (Lipinski definition) is 3. The fraction of sp³-hybridized carbons (Fsp3) is 0.923. The highest BCUT2D eigenvalue weighted by Gasteiger charge is 2.30. The number of aliphatic hydroxyl groups is 1. The number of aliphatic hydroxyl groups excluding tert-OH is 1. The van der Waals surface area contributed by atoms with Crippen molar-refractivity contribution in [2.45, 2.75) is 51.4 Å². The zero-order chi connectivity index (χ0) is 13.1. The Morgan fingerprint density at radius 3 is 2.56 bits per heavy atom. The van der Waals surface area contributed by atoms with Gasteiger partial charge in [0.2, 0.25) is 0 Å². The molecule has 18 heavy (non-hydrogen) atoms. The molecule has 0 aliphatic carbocycles. The van der Waals surface area contributed by atoms with E-state index in [1.54, 1.807) is 0 Å². The van der Waals surface area contributed by atoms with Crippen LogP contribution in [0.1, 0.15) is 33.1 Å². The lowest BCUT2D eigenvalue weighted by atomic mass is 9.92. The lowest BCUT2D eigenvalue weighted by Crippen LogP contribution is -2.50. The van der Waals surface area contributed by atoms with Gasteiger partial charge in [-0.05, 0) is 39.0 Å². The van der Waals surface area contributed by atoms with Crippen molar-refractivity contribution >= 4 is 6.03 Å². The fourth-order valence-corrected chi connectivity index (χ4v) is 2.76. The van der Waals surface area contributed by atoms with E-state index < -0.39 is 0 Å². The Hall–Kier alpha value is -0.810. The Kier molecular flexibility index (Phi) is 4.45. The summed E-state index contributed by atoms with van der Waals surface area (Å²) in [6, 6.07) is 0.161. The topological polar surface area (TPSA) is 61.8 Å². The number of nitrogens with zero attached hydrogens (tertiary/aromatic N) is 1. The van der Waals surface area contributed by atoms with Gasteiger partial charge in [0.05, 0.1) is 18.2 Å². The summed E-state index contributed by atoms with van der Waals surface area (Å²) in [5.41, 5.74) is 0. The number of rotatable bonds is 2. The number of likely N-dealkylation sites (tertiary alicyclic amines) is 1. The maximum absolute atomic E-state index is 12.1. The van der Waals surface area contributed by atoms with E-state index in [4.69, 9.17) is 4.74 Å². The average molecular weight is 256 g/mol. The standard InChI is InChI=1S/C13H24N2O3/c1-9(16)11-3-6-15(7-4-11)13(17)14-12-5-8-18-10(12)2/h9-12,16H,3-8H2,1-2H3,(H,14,17). The first kappa shape index (κ1) is 13.6. The first-order chi connectivity index (χ1) is 8.58. The number of carbonyl (C=O) groups is 1. The number of piperidine rings is 1. The second-order valence-electron chi connectivity index (χ2n) is 5.49. The van der Waals surface area contributed by atoms with Crippen molar-refractivity contribution in [2.24, 2.45) is 5.92 Å². The summed E-state index contributed by atoms with van der Waals surface area (Å²) in [5, 5.41) is 12.6. The van der Waals surface area contributed by atoms with Crippen molar-refractivity contribution < 1.29 is 14.6 Å². The molecule has 0 aromatic heterocycles. The summed E-state index contributed by atoms with van der Waals surface area (Å²) in [6.07, 6.45) is 2.53. The molecule has 104 valence electrons. The molecule has 3 unspecified atom stereocenters. The number of amides is 2. The van der Waals surface area contributed by atoms with E-state index in [0.717, 1.165) is 39.0 Å². The van der Waals surface area contributed by atoms with Gasteiger partial charge in [-0.2, -0.15) is 0 Å². The molecule has 2 N–H and O–H groups in total. The summed E-state index contributed by atoms with van der Waals surface area (Å²) in [4.78, 5) is 13.9. The number of hydrogen-bond donors (Lipinski definition) is 2. The Balaban J connectivity index is 1.77. The summed E-state index contributed by atoms with van der Waals surface area (Å²) in [5.74, 6) is 0.336. The van der Waals surface area contributed by atoms with Gasteiger partial charge in [0.1, 0.15) is 0 Å². The zero-order valence-electron chi connectivity index (χ0n) is 11.3. The van der Waals surface area contributed by atoms with Crippen LogP contribution in [0.5, 0.6) is 0 Å². The minimum atomic E-state index is -0.265. The van der Waals surface area contributed by atoms with Gasteiger partial charge < -0.3 is 20.1 Å². The zero-order valence-corrected chi connectivity index (χ0v) is 11.3. The maximum atomic E-state index is 12.1. The van der Waals surface area contributed by atoms with E-state index in [9.17, 15) is 9.90 Å². The van der Waals surface area contributed by atoms with Gasteiger partial charge in [-0.1, -0.05) is 0 Å². The largest absolute Gasteiger partial charge is 0.393 e. The molecule has 2 aliphatic heterocycles. The molecule has 0 aromatic carbocycles. The van der Waals surface area contributed by atoms with Crippen molar-refractivity contribution in [1.29, 1.82) is 0 Å². The second kappa shape index (κ2) is 5.89. The van der Waals surface area contributed by atoms with Crippen LogP contribution < -0.4 is 5.32 Å². The van der Waals surface area contributed by atoms with Gasteiger partial charge in [0, 0.05) is 19.7 Å². The van der Waals surface area contributed by atoms with Crippen LogP contribution in [0.25, 0.3) is 0 Å². The van der Waals surface area contributed by atoms with E-state index in [-0.39, 0.29) is 24.3 Å². The second-order valence-corrected chi connectivity index (χ2v) is 5.49. The summed E-state index contributed by atoms with van der Waals surface area (Å²) in [6.45, 7) is 6.04. The Bertz CT molecular complexity index is 288. The SMILES string of the molecule is CC(O)C1CCN(C(=O)NC2CCOC2C)CC1. The number of urea groups is 1. The van der Waals surface area contributed by atoms with Crippen LogP contribution in [0.3, 0.4) is 0 Å². The Morgan fingerprint density at radius 1 is 1.39 bits per heavy atom. The van der Waals surface area contributed by atoms with Gasteiger partial charge in [-0.15, -0.1) is 0 Å². The predicted molar refractivity (Wildman–Crippen MR) is 68.3 cm³/mol. The van der Waals surface area contributed by atoms with Crippen molar-refractivity contribution in [3.63, 3.8) is 0 Å². The molecule has 5 nitrogen and oxygen atoms in total. The lowest BCUT2D eigenvalue weighted by Gasteiger charge is -2.34. The minimum Gasteiger partial charge on any atom is -0.393 e. The van der Waals surface area contributed by atoms with E-state index in [2.05, 4.69) is 5.32 Å². The highest BCUT2D eigenvalue weighted by Crippen LogP contribution is 2.21. The van der Waals surface area contributed by atoms with Crippen LogP contribution in [0.15, 0.2) is 0 Å². The molecule has 0 aromatic rings. The number of nitrogens with one attached hydrogen (secondary N) is 1. The smallest absolute Gasteiger partial charge is 0.317 e. The molecular formula is C13H24N2O3. The van der Waals surface area contributed by atoms with Gasteiger partial charge in [-0.3, -0.25) is 0 Å². The number of carbonyl (C=O) groups excluding carboxylic acids is 1. The molecule has 3 atom stereocenters. The quantitative estimate of drug-likeness (QED) is 0.774. The van der Waals surface area contributed by atoms with E-state index in [0.29, 0.717) is 5.92 Å². The van der Waals surface area contributed by atoms with Crippen LogP contribution in [0, 0.1) is 5.92 Å². The average Bonchev–Trinajstić information content (AvgIpc) is 2.75. The first-order valence-corrected chi connectivity index (χ1v) is 6.93. The summed E-state index contributed by atoms with van der Waals surface area (Å²) in [7, 11) is 0. The summed E-state index contributed by atoms with van der Waals surface area (Å²) >= 11 is 0. The third-order valence-corrected chi connectivity index (χ3v) is 4.19. The molecule has 2 saturated heterocycles. The van der Waals surface area contributed by atoms with Crippen molar-refractivity contribution in [3.8, 4) is 0 Å². The van der Waals surface area contributed by atoms with Gasteiger partial charge >= 0.3 is 6.03 Å². The van der Waals surface area contributed by atoms with E-state index in [1.165, 1.54) is 0 Å².